The molecule has 1 saturated carbocycles. The van der Waals surface area contributed by atoms with E-state index < -0.39 is 11.9 Å². The molecule has 1 aliphatic carbocycles. The number of ether oxygens (including phenoxy) is 2. The number of hydrogen-bond acceptors (Lipinski definition) is 4. The van der Waals surface area contributed by atoms with Crippen molar-refractivity contribution in [2.24, 2.45) is 0 Å². The topological polar surface area (TPSA) is 57.4 Å². The molecular weight excluding hydrogens is 273 g/mol. The van der Waals surface area contributed by atoms with Gasteiger partial charge in [0.25, 0.3) is 0 Å². The summed E-state index contributed by atoms with van der Waals surface area (Å²) in [6, 6.07) is 0.853. The van der Waals surface area contributed by atoms with Gasteiger partial charge in [0, 0.05) is 19.6 Å². The Morgan fingerprint density at radius 1 is 1.30 bits per heavy atom. The van der Waals surface area contributed by atoms with Crippen molar-refractivity contribution in [3.8, 4) is 5.75 Å². The molecule has 4 nitrogen and oxygen atoms in total. The molecule has 1 aliphatic rings. The lowest BCUT2D eigenvalue weighted by molar-refractivity contribution is -0.141. The van der Waals surface area contributed by atoms with Crippen molar-refractivity contribution in [3.63, 3.8) is 0 Å². The van der Waals surface area contributed by atoms with E-state index in [1.54, 1.807) is 7.11 Å². The number of methoxy groups -OCH3 is 1. The molecule has 20 heavy (non-hydrogen) atoms. The quantitative estimate of drug-likeness (QED) is 0.929. The van der Waals surface area contributed by atoms with Crippen LogP contribution in [0, 0.1) is 0 Å². The van der Waals surface area contributed by atoms with E-state index in [9.17, 15) is 13.2 Å². The lowest BCUT2D eigenvalue weighted by Gasteiger charge is -2.29. The molecule has 112 valence electrons. The number of aromatic nitrogens is 1. The number of anilines is 1. The van der Waals surface area contributed by atoms with E-state index in [4.69, 9.17) is 15.2 Å². The predicted molar refractivity (Wildman–Crippen MR) is 67.3 cm³/mol. The van der Waals surface area contributed by atoms with Gasteiger partial charge in [0.2, 0.25) is 0 Å². The molecule has 2 N–H and O–H groups in total. The minimum Gasteiger partial charge on any atom is -0.488 e. The molecule has 1 aromatic heterocycles. The van der Waals surface area contributed by atoms with Crippen LogP contribution >= 0.6 is 0 Å². The Bertz CT molecular complexity index is 465. The first-order valence-corrected chi connectivity index (χ1v) is 6.42. The Balaban J connectivity index is 2.12. The fourth-order valence-electron chi connectivity index (χ4n) is 2.31. The second-order valence-corrected chi connectivity index (χ2v) is 4.87. The number of hydrogen-bond donors (Lipinski definition) is 1. The minimum absolute atomic E-state index is 0.0362. The van der Waals surface area contributed by atoms with E-state index in [1.807, 2.05) is 0 Å². The molecular formula is C13H17F3N2O2. The third-order valence-corrected chi connectivity index (χ3v) is 3.39. The fourth-order valence-corrected chi connectivity index (χ4v) is 2.31. The summed E-state index contributed by atoms with van der Waals surface area (Å²) in [6.45, 7) is 0. The summed E-state index contributed by atoms with van der Waals surface area (Å²) in [5.41, 5.74) is 4.74. The van der Waals surface area contributed by atoms with Crippen LogP contribution in [0.4, 0.5) is 18.9 Å². The summed E-state index contributed by atoms with van der Waals surface area (Å²) in [4.78, 5) is 3.28. The molecule has 2 atom stereocenters. The largest absolute Gasteiger partial charge is 0.488 e. The lowest BCUT2D eigenvalue weighted by Crippen LogP contribution is -2.29. The van der Waals surface area contributed by atoms with Crippen molar-refractivity contribution < 1.29 is 22.6 Å². The van der Waals surface area contributed by atoms with Gasteiger partial charge in [0.15, 0.2) is 0 Å². The number of alkyl halides is 3. The molecule has 0 bridgehead atoms. The Kier molecular flexibility index (Phi) is 4.37. The van der Waals surface area contributed by atoms with Gasteiger partial charge in [-0.05, 0) is 19.3 Å². The molecule has 0 aliphatic heterocycles. The average molecular weight is 290 g/mol. The Labute approximate surface area is 115 Å². The van der Waals surface area contributed by atoms with E-state index in [0.717, 1.165) is 31.5 Å². The standard InChI is InChI=1S/C13H17F3N2O2/c1-19-8-3-2-4-9(5-8)20-11-6-12(13(14,15)16)18-7-10(11)17/h6-9H,2-5,17H2,1H3. The van der Waals surface area contributed by atoms with Crippen LogP contribution in [-0.4, -0.2) is 24.3 Å². The molecule has 0 amide bonds. The first kappa shape index (κ1) is 14.9. The van der Waals surface area contributed by atoms with Gasteiger partial charge in [-0.2, -0.15) is 13.2 Å². The zero-order chi connectivity index (χ0) is 14.8. The molecule has 7 heteroatoms. The van der Waals surface area contributed by atoms with Crippen LogP contribution in [0.1, 0.15) is 31.4 Å². The van der Waals surface area contributed by atoms with E-state index in [1.165, 1.54) is 0 Å². The summed E-state index contributed by atoms with van der Waals surface area (Å²) >= 11 is 0. The SMILES string of the molecule is COC1CCCC(Oc2cc(C(F)(F)F)ncc2N)C1. The number of rotatable bonds is 3. The monoisotopic (exact) mass is 290 g/mol. The number of nitrogen functional groups attached to an aromatic ring is 1. The van der Waals surface area contributed by atoms with Crippen LogP contribution in [0.5, 0.6) is 5.75 Å². The van der Waals surface area contributed by atoms with Crippen molar-refractivity contribution in [1.29, 1.82) is 0 Å². The maximum atomic E-state index is 12.6. The second kappa shape index (κ2) is 5.87. The van der Waals surface area contributed by atoms with Crippen molar-refractivity contribution in [3.05, 3.63) is 18.0 Å². The van der Waals surface area contributed by atoms with Gasteiger partial charge in [-0.1, -0.05) is 0 Å². The van der Waals surface area contributed by atoms with Crippen LogP contribution in [0.3, 0.4) is 0 Å². The van der Waals surface area contributed by atoms with Crippen molar-refractivity contribution in [2.75, 3.05) is 12.8 Å². The summed E-state index contributed by atoms with van der Waals surface area (Å²) in [6.07, 6.45) is -0.334. The van der Waals surface area contributed by atoms with Gasteiger partial charge in [-0.3, -0.25) is 0 Å². The van der Waals surface area contributed by atoms with Gasteiger partial charge < -0.3 is 15.2 Å². The van der Waals surface area contributed by atoms with E-state index in [2.05, 4.69) is 4.98 Å². The Morgan fingerprint density at radius 3 is 2.65 bits per heavy atom. The molecule has 1 heterocycles. The third kappa shape index (κ3) is 3.53. The summed E-state index contributed by atoms with van der Waals surface area (Å²) in [5, 5.41) is 0. The normalized spacial score (nSPS) is 23.6. The van der Waals surface area contributed by atoms with Crippen LogP contribution in [0.2, 0.25) is 0 Å². The van der Waals surface area contributed by atoms with Gasteiger partial charge in [0.05, 0.1) is 18.0 Å². The van der Waals surface area contributed by atoms with Crippen LogP contribution in [0.15, 0.2) is 12.3 Å². The van der Waals surface area contributed by atoms with E-state index in [-0.39, 0.29) is 23.6 Å². The summed E-state index contributed by atoms with van der Waals surface area (Å²) in [7, 11) is 1.62. The maximum absolute atomic E-state index is 12.6. The molecule has 1 aromatic rings. The molecule has 2 rings (SSSR count). The smallest absolute Gasteiger partial charge is 0.433 e. The summed E-state index contributed by atoms with van der Waals surface area (Å²) < 4.78 is 48.7. The fraction of sp³-hybridized carbons (Fsp3) is 0.615. The van der Waals surface area contributed by atoms with Gasteiger partial charge in [-0.15, -0.1) is 0 Å². The lowest BCUT2D eigenvalue weighted by atomic mass is 9.95. The van der Waals surface area contributed by atoms with Crippen molar-refractivity contribution in [2.45, 2.75) is 44.1 Å². The number of halogens is 3. The molecule has 0 spiro atoms. The number of pyridine rings is 1. The first-order chi connectivity index (χ1) is 9.40. The highest BCUT2D eigenvalue weighted by molar-refractivity contribution is 5.51. The number of nitrogens with zero attached hydrogens (tertiary/aromatic N) is 1. The zero-order valence-electron chi connectivity index (χ0n) is 11.1. The minimum atomic E-state index is -4.51. The van der Waals surface area contributed by atoms with E-state index >= 15 is 0 Å². The average Bonchev–Trinajstić information content (AvgIpc) is 2.40. The second-order valence-electron chi connectivity index (χ2n) is 4.87. The zero-order valence-corrected chi connectivity index (χ0v) is 11.1. The maximum Gasteiger partial charge on any atom is 0.433 e. The Hall–Kier alpha value is -1.50. The highest BCUT2D eigenvalue weighted by Crippen LogP contribution is 2.34. The highest BCUT2D eigenvalue weighted by Gasteiger charge is 2.33. The van der Waals surface area contributed by atoms with Gasteiger partial charge in [0.1, 0.15) is 17.5 Å². The highest BCUT2D eigenvalue weighted by atomic mass is 19.4. The molecule has 0 radical (unpaired) electrons. The third-order valence-electron chi connectivity index (χ3n) is 3.39. The van der Waals surface area contributed by atoms with Crippen LogP contribution in [0.25, 0.3) is 0 Å². The molecule has 2 unspecified atom stereocenters. The van der Waals surface area contributed by atoms with Crippen molar-refractivity contribution in [1.82, 2.24) is 4.98 Å². The van der Waals surface area contributed by atoms with Crippen LogP contribution in [-0.2, 0) is 10.9 Å². The molecule has 1 fully saturated rings. The number of nitrogens with two attached hydrogens (primary N) is 1. The van der Waals surface area contributed by atoms with Crippen LogP contribution < -0.4 is 10.5 Å². The Morgan fingerprint density at radius 2 is 2.00 bits per heavy atom. The molecule has 0 aromatic carbocycles. The van der Waals surface area contributed by atoms with E-state index in [0.29, 0.717) is 6.42 Å². The predicted octanol–water partition coefficient (Wildman–Crippen LogP) is 3.02. The summed E-state index contributed by atoms with van der Waals surface area (Å²) in [5.74, 6) is 0.0362. The van der Waals surface area contributed by atoms with Gasteiger partial charge >= 0.3 is 6.18 Å². The first-order valence-electron chi connectivity index (χ1n) is 6.42. The van der Waals surface area contributed by atoms with Crippen molar-refractivity contribution >= 4 is 5.69 Å². The molecule has 0 saturated heterocycles. The van der Waals surface area contributed by atoms with Gasteiger partial charge in [-0.25, -0.2) is 4.98 Å².